The molecular weight excluding hydrogens is 206 g/mol. The van der Waals surface area contributed by atoms with Gasteiger partial charge >= 0.3 is 52.8 Å². The smallest absolute Gasteiger partial charge is 0.270 e. The van der Waals surface area contributed by atoms with E-state index in [0.717, 1.165) is 0 Å². The van der Waals surface area contributed by atoms with Crippen LogP contribution in [0.3, 0.4) is 0 Å². The Labute approximate surface area is 100 Å². The first-order chi connectivity index (χ1) is 5.50. The summed E-state index contributed by atoms with van der Waals surface area (Å²) in [7, 11) is 0. The van der Waals surface area contributed by atoms with Crippen molar-refractivity contribution in [3.05, 3.63) is 50.7 Å². The molecule has 0 aromatic rings. The normalized spacial score (nSPS) is 7.23. The van der Waals surface area contributed by atoms with Gasteiger partial charge in [0.1, 0.15) is 0 Å². The molecule has 1 aliphatic rings. The Hall–Kier alpha value is -0.183. The Kier molecular flexibility index (Phi) is 134. The van der Waals surface area contributed by atoms with Crippen molar-refractivity contribution in [2.75, 3.05) is 0 Å². The summed E-state index contributed by atoms with van der Waals surface area (Å²) in [6, 6.07) is 0. The number of hydrogen-bond acceptors (Lipinski definition) is 0. The van der Waals surface area contributed by atoms with E-state index in [1.165, 1.54) is 0 Å². The Morgan fingerprint density at radius 2 is 1.23 bits per heavy atom. The van der Waals surface area contributed by atoms with Crippen LogP contribution in [0.4, 0.5) is 0 Å². The van der Waals surface area contributed by atoms with Crippen LogP contribution in [0.15, 0.2) is 18.2 Å². The summed E-state index contributed by atoms with van der Waals surface area (Å²) in [6.45, 7) is 13.5. The standard InChI is InChI=1S/C5H4.3CO.Li.Mn/c1-2-4-5-3-1;3*1-2;;/h1-4H;;;;;/q-1;;;;+1;. The molecule has 13 heavy (non-hydrogen) atoms. The van der Waals surface area contributed by atoms with E-state index in [9.17, 15) is 0 Å². The summed E-state index contributed by atoms with van der Waals surface area (Å²) in [4.78, 5) is 0. The molecule has 0 fully saturated rings. The molecule has 0 amide bonds. The van der Waals surface area contributed by atoms with Crippen LogP contribution < -0.4 is 18.9 Å². The van der Waals surface area contributed by atoms with E-state index in [2.05, 4.69) is 26.0 Å². The first-order valence-corrected chi connectivity index (χ1v) is 2.19. The zero-order valence-corrected chi connectivity index (χ0v) is 8.09. The number of allylic oxidation sites excluding steroid dienone is 4. The second kappa shape index (κ2) is 59.6. The summed E-state index contributed by atoms with van der Waals surface area (Å²) in [5, 5.41) is 0. The quantitative estimate of drug-likeness (QED) is 0.252. The van der Waals surface area contributed by atoms with Crippen LogP contribution in [0.1, 0.15) is 0 Å². The van der Waals surface area contributed by atoms with Crippen LogP contribution in [0.2, 0.25) is 0 Å². The third kappa shape index (κ3) is 49.1. The van der Waals surface area contributed by atoms with Gasteiger partial charge in [0.2, 0.25) is 0 Å². The van der Waals surface area contributed by atoms with Crippen molar-refractivity contribution in [1.29, 1.82) is 0 Å². The van der Waals surface area contributed by atoms with Crippen LogP contribution >= 0.6 is 0 Å². The predicted molar refractivity (Wildman–Crippen MR) is 33.0 cm³/mol. The minimum atomic E-state index is 0. The number of hydrogen-bond donors (Lipinski definition) is 0. The minimum Gasteiger partial charge on any atom is -0.270 e. The van der Waals surface area contributed by atoms with E-state index >= 15 is 0 Å². The molecule has 0 spiro atoms. The van der Waals surface area contributed by atoms with Gasteiger partial charge in [0.05, 0.1) is 0 Å². The molecule has 3 nitrogen and oxygen atoms in total. The molecule has 0 bridgehead atoms. The van der Waals surface area contributed by atoms with E-state index < -0.39 is 0 Å². The Morgan fingerprint density at radius 3 is 1.31 bits per heavy atom. The zero-order valence-electron chi connectivity index (χ0n) is 6.91. The molecule has 0 aromatic carbocycles. The number of rotatable bonds is 0. The van der Waals surface area contributed by atoms with Crippen molar-refractivity contribution in [3.63, 3.8) is 0 Å². The first-order valence-electron chi connectivity index (χ1n) is 2.19. The third-order valence-corrected chi connectivity index (χ3v) is 0.496. The first kappa shape index (κ1) is 29.3. The maximum atomic E-state index is 7.50. The van der Waals surface area contributed by atoms with Crippen molar-refractivity contribution in [2.45, 2.75) is 0 Å². The third-order valence-electron chi connectivity index (χ3n) is 0.496. The van der Waals surface area contributed by atoms with Crippen LogP contribution in [0.5, 0.6) is 0 Å². The maximum Gasteiger partial charge on any atom is 1.00 e. The van der Waals surface area contributed by atoms with Crippen molar-refractivity contribution in [2.24, 2.45) is 0 Å². The fourth-order valence-electron chi connectivity index (χ4n) is 0.278. The van der Waals surface area contributed by atoms with Crippen molar-refractivity contribution in [3.8, 4) is 0 Å². The average Bonchev–Trinajstić information content (AvgIpc) is 2.71. The molecule has 1 aliphatic carbocycles. The second-order valence-electron chi connectivity index (χ2n) is 0.885. The second-order valence-corrected chi connectivity index (χ2v) is 0.885. The van der Waals surface area contributed by atoms with E-state index in [1.54, 1.807) is 0 Å². The van der Waals surface area contributed by atoms with Gasteiger partial charge in [-0.05, 0) is 0 Å². The van der Waals surface area contributed by atoms with Crippen molar-refractivity contribution in [1.82, 2.24) is 0 Å². The molecule has 0 N–H and O–H groups in total. The Bertz CT molecular complexity index is 146. The Morgan fingerprint density at radius 1 is 0.846 bits per heavy atom. The zero-order chi connectivity index (χ0) is 9.54. The van der Waals surface area contributed by atoms with Gasteiger partial charge in [-0.2, -0.15) is 6.08 Å². The Balaban J connectivity index is -0.0000000239. The van der Waals surface area contributed by atoms with Gasteiger partial charge in [0.15, 0.2) is 0 Å². The summed E-state index contributed by atoms with van der Waals surface area (Å²) in [5.41, 5.74) is 0. The van der Waals surface area contributed by atoms with Crippen LogP contribution in [-0.4, -0.2) is 0 Å². The molecule has 5 heteroatoms. The van der Waals surface area contributed by atoms with Gasteiger partial charge in [-0.25, -0.2) is 12.2 Å². The SMILES string of the molecule is [C-]#[O+].[C-]#[O+].[C-]#[O+].[C-]1=CC=C[CH]1.[Li+].[Mn]. The molecular formula is C8H4LiMnO3. The van der Waals surface area contributed by atoms with E-state index in [1.807, 2.05) is 24.6 Å². The molecule has 0 atom stereocenters. The predicted octanol–water partition coefficient (Wildman–Crippen LogP) is -1.99. The minimum absolute atomic E-state index is 0. The summed E-state index contributed by atoms with van der Waals surface area (Å²) >= 11 is 0. The van der Waals surface area contributed by atoms with Crippen LogP contribution in [-0.2, 0) is 31.0 Å². The monoisotopic (exact) mass is 210 g/mol. The summed E-state index contributed by atoms with van der Waals surface area (Å²) in [6.07, 6.45) is 10.5. The molecule has 0 saturated heterocycles. The molecule has 0 unspecified atom stereocenters. The average molecular weight is 210 g/mol. The molecule has 0 aromatic heterocycles. The molecule has 0 saturated carbocycles. The maximum absolute atomic E-state index is 7.50. The molecule has 0 heterocycles. The van der Waals surface area contributed by atoms with Gasteiger partial charge in [0.25, 0.3) is 0 Å². The fourth-order valence-corrected chi connectivity index (χ4v) is 0.278. The van der Waals surface area contributed by atoms with Gasteiger partial charge in [0, 0.05) is 17.1 Å². The van der Waals surface area contributed by atoms with E-state index in [4.69, 9.17) is 14.0 Å². The van der Waals surface area contributed by atoms with Crippen LogP contribution in [0, 0.1) is 32.4 Å². The van der Waals surface area contributed by atoms with E-state index in [-0.39, 0.29) is 35.9 Å². The largest absolute Gasteiger partial charge is 1.00 e. The molecule has 2 radical (unpaired) electrons. The van der Waals surface area contributed by atoms with Gasteiger partial charge in [-0.15, -0.1) is 6.42 Å². The fraction of sp³-hybridized carbons (Fsp3) is 0. The van der Waals surface area contributed by atoms with E-state index in [0.29, 0.717) is 0 Å². The van der Waals surface area contributed by atoms with Gasteiger partial charge in [-0.1, -0.05) is 0 Å². The van der Waals surface area contributed by atoms with Crippen molar-refractivity contribution < 1.29 is 49.9 Å². The van der Waals surface area contributed by atoms with Crippen LogP contribution in [0.25, 0.3) is 0 Å². The molecule has 1 rings (SSSR count). The topological polar surface area (TPSA) is 59.7 Å². The van der Waals surface area contributed by atoms with Gasteiger partial charge in [-0.3, -0.25) is 6.08 Å². The molecule has 0 aliphatic heterocycles. The summed E-state index contributed by atoms with van der Waals surface area (Å²) in [5.74, 6) is 0. The summed E-state index contributed by atoms with van der Waals surface area (Å²) < 4.78 is 22.5. The van der Waals surface area contributed by atoms with Gasteiger partial charge < -0.3 is 0 Å². The van der Waals surface area contributed by atoms with Crippen molar-refractivity contribution >= 4 is 0 Å². The molecule has 62 valence electrons.